The van der Waals surface area contributed by atoms with Crippen LogP contribution in [0.2, 0.25) is 0 Å². The van der Waals surface area contributed by atoms with Crippen LogP contribution in [0.1, 0.15) is 29.2 Å². The van der Waals surface area contributed by atoms with Gasteiger partial charge in [0.1, 0.15) is 17.9 Å². The number of non-ortho nitro benzene ring substituents is 1. The number of hydrogen-bond donors (Lipinski definition) is 3. The molecule has 42 heavy (non-hydrogen) atoms. The van der Waals surface area contributed by atoms with Gasteiger partial charge >= 0.3 is 0 Å². The van der Waals surface area contributed by atoms with E-state index in [-0.39, 0.29) is 27.9 Å². The largest absolute Gasteiger partial charge is 0.489 e. The molecule has 4 aromatic rings. The molecular formula is C30H27N5O6S. The van der Waals surface area contributed by atoms with Gasteiger partial charge in [0.2, 0.25) is 0 Å². The van der Waals surface area contributed by atoms with E-state index in [2.05, 4.69) is 15.0 Å². The monoisotopic (exact) mass is 585 g/mol. The minimum absolute atomic E-state index is 0.0178. The average molecular weight is 586 g/mol. The number of nitro benzene ring substituents is 1. The SMILES string of the molecule is N#Cc1cc([N+](=O)[O-])ccc1NS(=O)(=O)c1cccc(-c2ccc3c(c2)CC[C@H](CNC[C@@H](O)c2cccnc2)O3)c1. The maximum absolute atomic E-state index is 13.2. The summed E-state index contributed by atoms with van der Waals surface area (Å²) < 4.78 is 34.8. The number of hydrogen-bond acceptors (Lipinski definition) is 9. The van der Waals surface area contributed by atoms with Gasteiger partial charge in [-0.2, -0.15) is 5.26 Å². The topological polar surface area (TPSA) is 167 Å². The molecule has 214 valence electrons. The molecular weight excluding hydrogens is 558 g/mol. The molecule has 2 atom stereocenters. The zero-order chi connectivity index (χ0) is 29.7. The maximum Gasteiger partial charge on any atom is 0.270 e. The Morgan fingerprint density at radius 2 is 1.95 bits per heavy atom. The number of benzene rings is 3. The van der Waals surface area contributed by atoms with E-state index < -0.39 is 21.1 Å². The van der Waals surface area contributed by atoms with Gasteiger partial charge in [0.15, 0.2) is 0 Å². The molecule has 11 nitrogen and oxygen atoms in total. The van der Waals surface area contributed by atoms with Crippen molar-refractivity contribution in [3.63, 3.8) is 0 Å². The highest BCUT2D eigenvalue weighted by molar-refractivity contribution is 7.92. The van der Waals surface area contributed by atoms with Crippen LogP contribution in [-0.4, -0.2) is 42.6 Å². The highest BCUT2D eigenvalue weighted by atomic mass is 32.2. The number of anilines is 1. The molecule has 0 fully saturated rings. The lowest BCUT2D eigenvalue weighted by molar-refractivity contribution is -0.384. The average Bonchev–Trinajstić information content (AvgIpc) is 3.01. The van der Waals surface area contributed by atoms with Crippen molar-refractivity contribution >= 4 is 21.4 Å². The Morgan fingerprint density at radius 1 is 1.12 bits per heavy atom. The first-order chi connectivity index (χ1) is 20.2. The van der Waals surface area contributed by atoms with Crippen LogP contribution in [0.3, 0.4) is 0 Å². The predicted octanol–water partition coefficient (Wildman–Crippen LogP) is 4.35. The number of rotatable bonds is 10. The van der Waals surface area contributed by atoms with Gasteiger partial charge in [0.25, 0.3) is 15.7 Å². The van der Waals surface area contributed by atoms with Crippen LogP contribution in [0.15, 0.2) is 90.1 Å². The van der Waals surface area contributed by atoms with Crippen LogP contribution in [-0.2, 0) is 16.4 Å². The first-order valence-corrected chi connectivity index (χ1v) is 14.6. The highest BCUT2D eigenvalue weighted by Crippen LogP contribution is 2.33. The van der Waals surface area contributed by atoms with E-state index in [0.717, 1.165) is 47.4 Å². The normalized spacial score (nSPS) is 15.1. The lowest BCUT2D eigenvalue weighted by Crippen LogP contribution is -2.36. The number of nitriles is 1. The van der Waals surface area contributed by atoms with Crippen LogP contribution < -0.4 is 14.8 Å². The van der Waals surface area contributed by atoms with E-state index in [0.29, 0.717) is 18.7 Å². The molecule has 0 saturated carbocycles. The second-order valence-electron chi connectivity index (χ2n) is 9.79. The third kappa shape index (κ3) is 6.55. The molecule has 1 aromatic heterocycles. The second-order valence-corrected chi connectivity index (χ2v) is 11.5. The molecule has 0 spiro atoms. The van der Waals surface area contributed by atoms with Gasteiger partial charge < -0.3 is 15.2 Å². The summed E-state index contributed by atoms with van der Waals surface area (Å²) in [4.78, 5) is 14.4. The molecule has 2 heterocycles. The number of nitrogens with one attached hydrogen (secondary N) is 2. The van der Waals surface area contributed by atoms with Gasteiger partial charge in [-0.05, 0) is 65.9 Å². The first kappa shape index (κ1) is 28.7. The van der Waals surface area contributed by atoms with Crippen molar-refractivity contribution in [1.82, 2.24) is 10.3 Å². The number of aryl methyl sites for hydroxylation is 1. The van der Waals surface area contributed by atoms with Gasteiger partial charge in [-0.25, -0.2) is 8.42 Å². The summed E-state index contributed by atoms with van der Waals surface area (Å²) in [5.41, 5.74) is 2.74. The number of ether oxygens (including phenoxy) is 1. The van der Waals surface area contributed by atoms with E-state index in [1.165, 1.54) is 18.2 Å². The summed E-state index contributed by atoms with van der Waals surface area (Å²) in [7, 11) is -4.09. The molecule has 0 aliphatic carbocycles. The van der Waals surface area contributed by atoms with Crippen LogP contribution in [0, 0.1) is 21.4 Å². The Hall–Kier alpha value is -4.83. The second kappa shape index (κ2) is 12.4. The van der Waals surface area contributed by atoms with Gasteiger partial charge in [0, 0.05) is 43.2 Å². The van der Waals surface area contributed by atoms with Crippen molar-refractivity contribution in [3.8, 4) is 22.9 Å². The molecule has 0 bridgehead atoms. The van der Waals surface area contributed by atoms with E-state index in [1.54, 1.807) is 36.7 Å². The minimum atomic E-state index is -4.09. The minimum Gasteiger partial charge on any atom is -0.489 e. The molecule has 0 saturated heterocycles. The number of sulfonamides is 1. The van der Waals surface area contributed by atoms with Crippen LogP contribution in [0.4, 0.5) is 11.4 Å². The third-order valence-corrected chi connectivity index (χ3v) is 8.29. The Bertz CT molecular complexity index is 1760. The fourth-order valence-corrected chi connectivity index (χ4v) is 5.84. The van der Waals surface area contributed by atoms with E-state index in [4.69, 9.17) is 4.74 Å². The van der Waals surface area contributed by atoms with Crippen LogP contribution >= 0.6 is 0 Å². The lowest BCUT2D eigenvalue weighted by atomic mass is 9.97. The summed E-state index contributed by atoms with van der Waals surface area (Å²) in [5.74, 6) is 0.761. The van der Waals surface area contributed by atoms with Crippen molar-refractivity contribution in [3.05, 3.63) is 112 Å². The summed E-state index contributed by atoms with van der Waals surface area (Å²) in [5, 5.41) is 34.0. The molecule has 0 unspecified atom stereocenters. The third-order valence-electron chi connectivity index (χ3n) is 6.93. The zero-order valence-corrected chi connectivity index (χ0v) is 23.1. The molecule has 12 heteroatoms. The van der Waals surface area contributed by atoms with Gasteiger partial charge in [-0.3, -0.25) is 19.8 Å². The molecule has 1 aliphatic heterocycles. The van der Waals surface area contributed by atoms with Gasteiger partial charge in [0.05, 0.1) is 27.2 Å². The summed E-state index contributed by atoms with van der Waals surface area (Å²) in [6.07, 6.45) is 4.15. The van der Waals surface area contributed by atoms with Crippen molar-refractivity contribution in [2.45, 2.75) is 29.9 Å². The lowest BCUT2D eigenvalue weighted by Gasteiger charge is -2.27. The fourth-order valence-electron chi connectivity index (χ4n) is 4.71. The van der Waals surface area contributed by atoms with E-state index >= 15 is 0 Å². The highest BCUT2D eigenvalue weighted by Gasteiger charge is 2.22. The van der Waals surface area contributed by atoms with E-state index in [9.17, 15) is 28.9 Å². The smallest absolute Gasteiger partial charge is 0.270 e. The van der Waals surface area contributed by atoms with Crippen LogP contribution in [0.25, 0.3) is 11.1 Å². The van der Waals surface area contributed by atoms with Crippen molar-refractivity contribution in [2.24, 2.45) is 0 Å². The standard InChI is InChI=1S/C30H27N5O6S/c31-16-24-14-25(35(37)38)8-10-28(24)34-42(39,40)27-5-1-3-20(15-27)21-7-11-30-22(13-21)6-9-26(41-30)18-33-19-29(36)23-4-2-12-32-17-23/h1-5,7-8,10-15,17,26,29,33-34,36H,6,9,18-19H2/t26-,29-/m1/s1. The Labute approximate surface area is 242 Å². The molecule has 0 radical (unpaired) electrons. The fraction of sp³-hybridized carbons (Fsp3) is 0.200. The number of nitrogens with zero attached hydrogens (tertiary/aromatic N) is 3. The molecule has 5 rings (SSSR count). The summed E-state index contributed by atoms with van der Waals surface area (Å²) in [6.45, 7) is 0.959. The predicted molar refractivity (Wildman–Crippen MR) is 155 cm³/mol. The van der Waals surface area contributed by atoms with Crippen molar-refractivity contribution < 1.29 is 23.2 Å². The molecule has 0 amide bonds. The Morgan fingerprint density at radius 3 is 2.71 bits per heavy atom. The number of aromatic nitrogens is 1. The Kier molecular flexibility index (Phi) is 8.44. The number of aliphatic hydroxyl groups excluding tert-OH is 1. The van der Waals surface area contributed by atoms with Crippen molar-refractivity contribution in [1.29, 1.82) is 5.26 Å². The van der Waals surface area contributed by atoms with Crippen LogP contribution in [0.5, 0.6) is 5.75 Å². The quantitative estimate of drug-likeness (QED) is 0.181. The summed E-state index contributed by atoms with van der Waals surface area (Å²) >= 11 is 0. The van der Waals surface area contributed by atoms with E-state index in [1.807, 2.05) is 24.3 Å². The zero-order valence-electron chi connectivity index (χ0n) is 22.3. The molecule has 1 aliphatic rings. The number of aliphatic hydroxyl groups is 1. The van der Waals surface area contributed by atoms with Gasteiger partial charge in [-0.15, -0.1) is 0 Å². The molecule has 3 N–H and O–H groups in total. The number of pyridine rings is 1. The number of fused-ring (bicyclic) bond motifs is 1. The maximum atomic E-state index is 13.2. The van der Waals surface area contributed by atoms with Crippen molar-refractivity contribution in [2.75, 3.05) is 17.8 Å². The van der Waals surface area contributed by atoms with Gasteiger partial charge in [-0.1, -0.05) is 24.3 Å². The number of nitro groups is 1. The first-order valence-electron chi connectivity index (χ1n) is 13.1. The Balaban J connectivity index is 1.25. The summed E-state index contributed by atoms with van der Waals surface area (Å²) in [6, 6.07) is 20.9. The molecule has 3 aromatic carbocycles.